The predicted octanol–water partition coefficient (Wildman–Crippen LogP) is 3.41. The molecule has 0 saturated heterocycles. The van der Waals surface area contributed by atoms with Gasteiger partial charge in [-0.05, 0) is 44.0 Å². The Morgan fingerprint density at radius 1 is 1.15 bits per heavy atom. The van der Waals surface area contributed by atoms with Crippen molar-refractivity contribution in [2.24, 2.45) is 0 Å². The number of hydrogen-bond donors (Lipinski definition) is 0. The van der Waals surface area contributed by atoms with Gasteiger partial charge in [-0.15, -0.1) is 0 Å². The maximum Gasteiger partial charge on any atom is 0.230 e. The molecular formula is C8H3Br2ClO2. The van der Waals surface area contributed by atoms with Crippen LogP contribution in [0.25, 0.3) is 0 Å². The van der Waals surface area contributed by atoms with Gasteiger partial charge in [0.05, 0.1) is 10.6 Å². The van der Waals surface area contributed by atoms with Gasteiger partial charge in [0, 0.05) is 5.56 Å². The number of carbonyl (C=O) groups excluding carboxylic acids is 2. The summed E-state index contributed by atoms with van der Waals surface area (Å²) in [6.45, 7) is 0. The molecule has 0 heterocycles. The molecule has 1 aromatic rings. The number of hydrogen-bond acceptors (Lipinski definition) is 2. The summed E-state index contributed by atoms with van der Waals surface area (Å²) in [5.74, 6) is 0. The van der Waals surface area contributed by atoms with Crippen molar-refractivity contribution in [3.8, 4) is 0 Å². The van der Waals surface area contributed by atoms with Crippen LogP contribution in [0.1, 0.15) is 20.7 Å². The molecule has 0 aromatic heterocycles. The minimum absolute atomic E-state index is 0.186. The van der Waals surface area contributed by atoms with E-state index in [9.17, 15) is 9.59 Å². The normalized spacial score (nSPS) is 9.77. The van der Waals surface area contributed by atoms with Gasteiger partial charge >= 0.3 is 0 Å². The summed E-state index contributed by atoms with van der Waals surface area (Å²) in [5.41, 5.74) is 0.445. The van der Waals surface area contributed by atoms with E-state index in [1.165, 1.54) is 6.07 Å². The van der Waals surface area contributed by atoms with Crippen LogP contribution in [0.4, 0.5) is 0 Å². The van der Waals surface area contributed by atoms with Crippen LogP contribution in [0.2, 0.25) is 5.02 Å². The quantitative estimate of drug-likeness (QED) is 0.781. The smallest absolute Gasteiger partial charge is 0.230 e. The third kappa shape index (κ3) is 2.39. The van der Waals surface area contributed by atoms with E-state index in [-0.39, 0.29) is 20.8 Å². The summed E-state index contributed by atoms with van der Waals surface area (Å²) in [4.78, 5) is 22.1. The van der Waals surface area contributed by atoms with E-state index in [0.29, 0.717) is 0 Å². The number of rotatable bonds is 2. The number of halogens is 3. The summed E-state index contributed by atoms with van der Waals surface area (Å²) >= 11 is 11.3. The van der Waals surface area contributed by atoms with Crippen molar-refractivity contribution in [3.05, 3.63) is 34.3 Å². The van der Waals surface area contributed by atoms with Gasteiger partial charge in [0.25, 0.3) is 0 Å². The first-order valence-corrected chi connectivity index (χ1v) is 5.18. The third-order valence-corrected chi connectivity index (χ3v) is 2.56. The Kier molecular flexibility index (Phi) is 3.64. The lowest BCUT2D eigenvalue weighted by Crippen LogP contribution is -2.00. The molecule has 0 saturated carbocycles. The Hall–Kier alpha value is -0.190. The average molecular weight is 326 g/mol. The summed E-state index contributed by atoms with van der Waals surface area (Å²) in [6, 6.07) is 4.68. The van der Waals surface area contributed by atoms with Crippen molar-refractivity contribution in [1.29, 1.82) is 0 Å². The molecule has 0 aliphatic heterocycles. The molecule has 68 valence electrons. The van der Waals surface area contributed by atoms with Gasteiger partial charge < -0.3 is 0 Å². The van der Waals surface area contributed by atoms with E-state index in [1.807, 2.05) is 0 Å². The molecule has 0 N–H and O–H groups in total. The van der Waals surface area contributed by atoms with E-state index in [1.54, 1.807) is 12.1 Å². The van der Waals surface area contributed by atoms with Gasteiger partial charge in [-0.3, -0.25) is 9.59 Å². The fourth-order valence-corrected chi connectivity index (χ4v) is 2.02. The Morgan fingerprint density at radius 3 is 2.15 bits per heavy atom. The van der Waals surface area contributed by atoms with Gasteiger partial charge in [-0.1, -0.05) is 17.7 Å². The van der Waals surface area contributed by atoms with Crippen molar-refractivity contribution >= 4 is 52.8 Å². The van der Waals surface area contributed by atoms with Gasteiger partial charge in [-0.2, -0.15) is 0 Å². The van der Waals surface area contributed by atoms with Crippen LogP contribution in [0.5, 0.6) is 0 Å². The molecule has 0 aliphatic rings. The molecule has 1 aromatic carbocycles. The molecule has 0 unspecified atom stereocenters. The first-order chi connectivity index (χ1) is 6.04. The van der Waals surface area contributed by atoms with Crippen molar-refractivity contribution in [2.45, 2.75) is 0 Å². The van der Waals surface area contributed by atoms with Crippen LogP contribution in [0.15, 0.2) is 18.2 Å². The summed E-state index contributed by atoms with van der Waals surface area (Å²) in [5, 5.41) is 0.257. The molecule has 0 amide bonds. The second-order valence-corrected chi connectivity index (χ2v) is 4.06. The van der Waals surface area contributed by atoms with Crippen molar-refractivity contribution in [3.63, 3.8) is 0 Å². The lowest BCUT2D eigenvalue weighted by atomic mass is 10.1. The Labute approximate surface area is 96.5 Å². The van der Waals surface area contributed by atoms with Crippen LogP contribution in [-0.4, -0.2) is 9.39 Å². The van der Waals surface area contributed by atoms with E-state index in [4.69, 9.17) is 11.6 Å². The molecule has 0 bridgehead atoms. The molecule has 0 fully saturated rings. The highest BCUT2D eigenvalue weighted by Crippen LogP contribution is 2.24. The fourth-order valence-electron chi connectivity index (χ4n) is 0.888. The van der Waals surface area contributed by atoms with E-state index < -0.39 is 4.69 Å². The van der Waals surface area contributed by atoms with Crippen LogP contribution in [0, 0.1) is 0 Å². The van der Waals surface area contributed by atoms with Gasteiger partial charge in [0.2, 0.25) is 9.39 Å². The van der Waals surface area contributed by atoms with Gasteiger partial charge in [0.1, 0.15) is 0 Å². The highest BCUT2D eigenvalue weighted by molar-refractivity contribution is 9.18. The molecule has 5 heteroatoms. The summed E-state index contributed by atoms with van der Waals surface area (Å²) in [7, 11) is 0. The minimum Gasteiger partial charge on any atom is -0.281 e. The molecule has 13 heavy (non-hydrogen) atoms. The largest absolute Gasteiger partial charge is 0.281 e. The Morgan fingerprint density at radius 2 is 1.77 bits per heavy atom. The molecule has 0 radical (unpaired) electrons. The lowest BCUT2D eigenvalue weighted by Gasteiger charge is -2.02. The van der Waals surface area contributed by atoms with E-state index in [0.717, 1.165) is 0 Å². The lowest BCUT2D eigenvalue weighted by molar-refractivity contribution is 0.106. The summed E-state index contributed by atoms with van der Waals surface area (Å²) in [6.07, 6.45) is 0. The zero-order chi connectivity index (χ0) is 10.0. The van der Waals surface area contributed by atoms with Crippen LogP contribution < -0.4 is 0 Å². The Balaban J connectivity index is 3.43. The first-order valence-electron chi connectivity index (χ1n) is 3.22. The second-order valence-electron chi connectivity index (χ2n) is 2.21. The highest BCUT2D eigenvalue weighted by Gasteiger charge is 2.16. The van der Waals surface area contributed by atoms with Gasteiger partial charge in [0.15, 0.2) is 0 Å². The monoisotopic (exact) mass is 324 g/mol. The van der Waals surface area contributed by atoms with Crippen LogP contribution in [0.3, 0.4) is 0 Å². The van der Waals surface area contributed by atoms with Crippen molar-refractivity contribution < 1.29 is 9.59 Å². The van der Waals surface area contributed by atoms with Crippen molar-refractivity contribution in [2.75, 3.05) is 0 Å². The Bertz CT molecular complexity index is 376. The summed E-state index contributed by atoms with van der Waals surface area (Å²) < 4.78 is -0.765. The highest BCUT2D eigenvalue weighted by atomic mass is 79.9. The first kappa shape index (κ1) is 10.9. The molecule has 0 spiro atoms. The van der Waals surface area contributed by atoms with Crippen LogP contribution >= 0.6 is 43.5 Å². The second kappa shape index (κ2) is 4.35. The van der Waals surface area contributed by atoms with E-state index >= 15 is 0 Å². The predicted molar refractivity (Wildman–Crippen MR) is 58.0 cm³/mol. The molecule has 1 rings (SSSR count). The topological polar surface area (TPSA) is 34.1 Å². The SMILES string of the molecule is O=C(Br)c1cccc(Cl)c1C(=O)Br. The molecule has 2 nitrogen and oxygen atoms in total. The molecular weight excluding hydrogens is 323 g/mol. The maximum absolute atomic E-state index is 11.1. The molecule has 0 atom stereocenters. The van der Waals surface area contributed by atoms with Crippen molar-refractivity contribution in [1.82, 2.24) is 0 Å². The zero-order valence-electron chi connectivity index (χ0n) is 6.18. The number of benzene rings is 1. The number of carbonyl (C=O) groups is 2. The van der Waals surface area contributed by atoms with E-state index in [2.05, 4.69) is 31.9 Å². The molecule has 0 aliphatic carbocycles. The fraction of sp³-hybridized carbons (Fsp3) is 0. The maximum atomic E-state index is 11.1. The third-order valence-electron chi connectivity index (χ3n) is 1.42. The zero-order valence-corrected chi connectivity index (χ0v) is 10.1. The van der Waals surface area contributed by atoms with Gasteiger partial charge in [-0.25, -0.2) is 0 Å². The minimum atomic E-state index is -0.402. The average Bonchev–Trinajstić information content (AvgIpc) is 2.02. The van der Waals surface area contributed by atoms with Crippen LogP contribution in [-0.2, 0) is 0 Å². The standard InChI is InChI=1S/C8H3Br2ClO2/c9-7(12)4-2-1-3-5(11)6(4)8(10)13/h1-3H.